The van der Waals surface area contributed by atoms with Crippen molar-refractivity contribution in [3.05, 3.63) is 87.7 Å². The van der Waals surface area contributed by atoms with Gasteiger partial charge in [-0.25, -0.2) is 14.4 Å². The lowest BCUT2D eigenvalue weighted by Crippen LogP contribution is -2.20. The van der Waals surface area contributed by atoms with E-state index in [1.54, 1.807) is 12.1 Å². The van der Waals surface area contributed by atoms with Crippen LogP contribution in [0.3, 0.4) is 0 Å². The summed E-state index contributed by atoms with van der Waals surface area (Å²) >= 11 is 6.02. The van der Waals surface area contributed by atoms with E-state index in [1.807, 2.05) is 45.2 Å². The summed E-state index contributed by atoms with van der Waals surface area (Å²) in [5, 5.41) is 1.22. The van der Waals surface area contributed by atoms with Gasteiger partial charge in [-0.2, -0.15) is 0 Å². The molecule has 33 heavy (non-hydrogen) atoms. The first-order chi connectivity index (χ1) is 15.9. The molecule has 4 aromatic rings. The van der Waals surface area contributed by atoms with Crippen LogP contribution in [0.4, 0.5) is 4.39 Å². The second kappa shape index (κ2) is 8.81. The smallest absolute Gasteiger partial charge is 0.160 e. The monoisotopic (exact) mass is 461 g/mol. The summed E-state index contributed by atoms with van der Waals surface area (Å²) in [6, 6.07) is 13.0. The SMILES string of the molecule is Cc1cc([C@H]2C[C@@H](c3cc(-c4ccc(Cl)cc4F)c4cc(C)c(C)nc4n3)CCO2)ccn1. The molecule has 1 aromatic carbocycles. The number of nitrogens with zero attached hydrogens (tertiary/aromatic N) is 3. The molecular weight excluding hydrogens is 437 g/mol. The lowest BCUT2D eigenvalue weighted by molar-refractivity contribution is 0.00461. The van der Waals surface area contributed by atoms with Crippen molar-refractivity contribution in [2.75, 3.05) is 6.61 Å². The van der Waals surface area contributed by atoms with Crippen molar-refractivity contribution in [3.8, 4) is 11.1 Å². The number of pyridine rings is 3. The Hall–Kier alpha value is -2.89. The number of benzene rings is 1. The van der Waals surface area contributed by atoms with E-state index >= 15 is 0 Å². The predicted molar refractivity (Wildman–Crippen MR) is 129 cm³/mol. The van der Waals surface area contributed by atoms with Crippen LogP contribution in [0.15, 0.2) is 48.7 Å². The molecule has 0 spiro atoms. The van der Waals surface area contributed by atoms with Crippen LogP contribution in [0, 0.1) is 26.6 Å². The number of fused-ring (bicyclic) bond motifs is 1. The third-order valence-corrected chi connectivity index (χ3v) is 6.71. The quantitative estimate of drug-likeness (QED) is 0.328. The number of halogens is 2. The van der Waals surface area contributed by atoms with Crippen molar-refractivity contribution in [2.45, 2.75) is 45.6 Å². The number of hydrogen-bond donors (Lipinski definition) is 0. The summed E-state index contributed by atoms with van der Waals surface area (Å²) in [4.78, 5) is 14.0. The third-order valence-electron chi connectivity index (χ3n) is 6.48. The number of aryl methyl sites for hydroxylation is 3. The topological polar surface area (TPSA) is 47.9 Å². The zero-order valence-corrected chi connectivity index (χ0v) is 19.7. The Morgan fingerprint density at radius 3 is 2.64 bits per heavy atom. The highest BCUT2D eigenvalue weighted by Crippen LogP contribution is 2.40. The van der Waals surface area contributed by atoms with Crippen molar-refractivity contribution in [2.24, 2.45) is 0 Å². The zero-order valence-electron chi connectivity index (χ0n) is 18.9. The van der Waals surface area contributed by atoms with E-state index in [4.69, 9.17) is 26.3 Å². The lowest BCUT2D eigenvalue weighted by atomic mass is 9.87. The Balaban J connectivity index is 1.62. The van der Waals surface area contributed by atoms with Gasteiger partial charge in [0, 0.05) is 51.8 Å². The first-order valence-corrected chi connectivity index (χ1v) is 11.6. The number of hydrogen-bond acceptors (Lipinski definition) is 4. The van der Waals surface area contributed by atoms with Crippen molar-refractivity contribution in [3.63, 3.8) is 0 Å². The highest BCUT2D eigenvalue weighted by molar-refractivity contribution is 6.30. The van der Waals surface area contributed by atoms with Crippen LogP contribution in [-0.2, 0) is 4.74 Å². The zero-order chi connectivity index (χ0) is 23.1. The van der Waals surface area contributed by atoms with Crippen molar-refractivity contribution >= 4 is 22.6 Å². The fraction of sp³-hybridized carbons (Fsp3) is 0.296. The van der Waals surface area contributed by atoms with Gasteiger partial charge in [-0.05, 0) is 92.8 Å². The van der Waals surface area contributed by atoms with Gasteiger partial charge in [0.1, 0.15) is 5.82 Å². The molecule has 1 fully saturated rings. The summed E-state index contributed by atoms with van der Waals surface area (Å²) in [6.45, 7) is 6.61. The molecule has 1 aliphatic heterocycles. The van der Waals surface area contributed by atoms with Gasteiger partial charge in [0.15, 0.2) is 5.65 Å². The first kappa shape index (κ1) is 21.9. The average molecular weight is 462 g/mol. The van der Waals surface area contributed by atoms with E-state index in [0.717, 1.165) is 52.0 Å². The predicted octanol–water partition coefficient (Wildman–Crippen LogP) is 7.04. The number of ether oxygens (including phenoxy) is 1. The van der Waals surface area contributed by atoms with Crippen molar-refractivity contribution in [1.29, 1.82) is 0 Å². The maximum absolute atomic E-state index is 15.0. The van der Waals surface area contributed by atoms with Gasteiger partial charge in [0.05, 0.1) is 6.10 Å². The van der Waals surface area contributed by atoms with Gasteiger partial charge >= 0.3 is 0 Å². The Bertz CT molecular complexity index is 1360. The molecule has 0 bridgehead atoms. The molecule has 0 saturated carbocycles. The standard InChI is InChI=1S/C27H25ClFN3O/c1-15-10-23-22(21-5-4-20(28)13-24(21)29)14-25(32-27(23)31-17(15)3)18-7-9-33-26(12-18)19-6-8-30-16(2)11-19/h4-6,8,10-11,13-14,18,26H,7,9,12H2,1-3H3/t18-,26+/m0/s1. The van der Waals surface area contributed by atoms with Crippen LogP contribution in [-0.4, -0.2) is 21.6 Å². The minimum atomic E-state index is -0.351. The van der Waals surface area contributed by atoms with E-state index in [-0.39, 0.29) is 17.8 Å². The largest absolute Gasteiger partial charge is 0.373 e. The maximum atomic E-state index is 15.0. The second-order valence-corrected chi connectivity index (χ2v) is 9.23. The molecule has 4 nitrogen and oxygen atoms in total. The molecule has 1 saturated heterocycles. The van der Waals surface area contributed by atoms with E-state index in [2.05, 4.69) is 11.1 Å². The number of rotatable bonds is 3. The van der Waals surface area contributed by atoms with E-state index in [1.165, 1.54) is 6.07 Å². The highest BCUT2D eigenvalue weighted by atomic mass is 35.5. The molecule has 1 aliphatic rings. The lowest BCUT2D eigenvalue weighted by Gasteiger charge is -2.30. The van der Waals surface area contributed by atoms with Crippen LogP contribution < -0.4 is 0 Å². The normalized spacial score (nSPS) is 18.6. The fourth-order valence-corrected chi connectivity index (χ4v) is 4.72. The Kier molecular flexibility index (Phi) is 5.85. The minimum Gasteiger partial charge on any atom is -0.373 e. The minimum absolute atomic E-state index is 0.0219. The number of aromatic nitrogens is 3. The maximum Gasteiger partial charge on any atom is 0.160 e. The first-order valence-electron chi connectivity index (χ1n) is 11.2. The van der Waals surface area contributed by atoms with Gasteiger partial charge in [0.2, 0.25) is 0 Å². The average Bonchev–Trinajstić information content (AvgIpc) is 2.80. The van der Waals surface area contributed by atoms with Crippen LogP contribution in [0.1, 0.15) is 53.1 Å². The molecule has 168 valence electrons. The summed E-state index contributed by atoms with van der Waals surface area (Å²) < 4.78 is 21.1. The van der Waals surface area contributed by atoms with Gasteiger partial charge in [-0.3, -0.25) is 4.98 Å². The van der Waals surface area contributed by atoms with Crippen LogP contribution >= 0.6 is 11.6 Å². The Labute approximate surface area is 197 Å². The van der Waals surface area contributed by atoms with E-state index in [9.17, 15) is 4.39 Å². The molecule has 3 aromatic heterocycles. The van der Waals surface area contributed by atoms with Gasteiger partial charge < -0.3 is 4.74 Å². The second-order valence-electron chi connectivity index (χ2n) is 8.79. The molecule has 5 rings (SSSR count). The molecule has 0 radical (unpaired) electrons. The van der Waals surface area contributed by atoms with Crippen molar-refractivity contribution in [1.82, 2.24) is 15.0 Å². The Morgan fingerprint density at radius 1 is 1.00 bits per heavy atom. The van der Waals surface area contributed by atoms with Crippen LogP contribution in [0.2, 0.25) is 5.02 Å². The summed E-state index contributed by atoms with van der Waals surface area (Å²) in [7, 11) is 0. The van der Waals surface area contributed by atoms with Crippen molar-refractivity contribution < 1.29 is 9.13 Å². The van der Waals surface area contributed by atoms with Gasteiger partial charge in [-0.15, -0.1) is 0 Å². The van der Waals surface area contributed by atoms with E-state index < -0.39 is 0 Å². The van der Waals surface area contributed by atoms with Crippen LogP contribution in [0.25, 0.3) is 22.2 Å². The highest BCUT2D eigenvalue weighted by Gasteiger charge is 2.27. The molecule has 2 atom stereocenters. The molecule has 0 aliphatic carbocycles. The molecular formula is C27H25ClFN3O. The molecule has 0 N–H and O–H groups in total. The Morgan fingerprint density at radius 2 is 1.85 bits per heavy atom. The molecule has 0 unspecified atom stereocenters. The summed E-state index contributed by atoms with van der Waals surface area (Å²) in [5.74, 6) is -0.171. The van der Waals surface area contributed by atoms with Crippen LogP contribution in [0.5, 0.6) is 0 Å². The third kappa shape index (κ3) is 4.35. The molecule has 4 heterocycles. The molecule has 0 amide bonds. The molecule has 6 heteroatoms. The summed E-state index contributed by atoms with van der Waals surface area (Å²) in [6.07, 6.45) is 3.45. The summed E-state index contributed by atoms with van der Waals surface area (Å²) in [5.41, 5.74) is 6.93. The van der Waals surface area contributed by atoms with Gasteiger partial charge in [0.25, 0.3) is 0 Å². The fourth-order valence-electron chi connectivity index (χ4n) is 4.56. The van der Waals surface area contributed by atoms with E-state index in [0.29, 0.717) is 22.8 Å². The van der Waals surface area contributed by atoms with Gasteiger partial charge in [-0.1, -0.05) is 11.6 Å².